The summed E-state index contributed by atoms with van der Waals surface area (Å²) in [6, 6.07) is 12.6. The maximum absolute atomic E-state index is 13.8. The molecule has 3 aromatic carbocycles. The molecule has 0 radical (unpaired) electrons. The van der Waals surface area contributed by atoms with Gasteiger partial charge in [-0.05, 0) is 86.2 Å². The Morgan fingerprint density at radius 2 is 1.39 bits per heavy atom. The second-order valence-corrected chi connectivity index (χ2v) is 10.7. The number of aromatic hydroxyl groups is 1. The second kappa shape index (κ2) is 10.0. The van der Waals surface area contributed by atoms with E-state index < -0.39 is 5.60 Å². The Bertz CT molecular complexity index is 1300. The number of phenols is 1. The molecule has 5 nitrogen and oxygen atoms in total. The molecule has 0 aliphatic carbocycles. The van der Waals surface area contributed by atoms with Gasteiger partial charge in [0.15, 0.2) is 5.60 Å². The first kappa shape index (κ1) is 26.2. The van der Waals surface area contributed by atoms with Crippen LogP contribution in [0.5, 0.6) is 11.5 Å². The minimum atomic E-state index is -0.983. The van der Waals surface area contributed by atoms with Crippen LogP contribution in [0, 0.1) is 32.4 Å². The van der Waals surface area contributed by atoms with E-state index in [1.807, 2.05) is 32.6 Å². The largest absolute Gasteiger partial charge is 0.507 e. The molecule has 0 saturated carbocycles. The van der Waals surface area contributed by atoms with E-state index in [0.29, 0.717) is 50.5 Å². The van der Waals surface area contributed by atoms with Gasteiger partial charge in [0.2, 0.25) is 0 Å². The molecule has 7 heteroatoms. The Balaban J connectivity index is 1.34. The van der Waals surface area contributed by atoms with Crippen LogP contribution in [0.2, 0.25) is 0 Å². The van der Waals surface area contributed by atoms with Crippen LogP contribution in [0.4, 0.5) is 8.78 Å². The Hall–Kier alpha value is -3.45. The number of halogens is 2. The summed E-state index contributed by atoms with van der Waals surface area (Å²) in [7, 11) is 0. The lowest BCUT2D eigenvalue weighted by Gasteiger charge is -2.44. The Morgan fingerprint density at radius 3 is 1.92 bits per heavy atom. The average molecular weight is 521 g/mol. The predicted molar refractivity (Wildman–Crippen MR) is 142 cm³/mol. The smallest absolute Gasteiger partial charge is 0.266 e. The lowest BCUT2D eigenvalue weighted by Crippen LogP contribution is -2.58. The van der Waals surface area contributed by atoms with Gasteiger partial charge in [0, 0.05) is 38.2 Å². The van der Waals surface area contributed by atoms with Gasteiger partial charge in [-0.25, -0.2) is 8.78 Å². The summed E-state index contributed by atoms with van der Waals surface area (Å²) < 4.78 is 33.7. The topological polar surface area (TPSA) is 53.0 Å². The first-order valence-electron chi connectivity index (χ1n) is 13.1. The van der Waals surface area contributed by atoms with Crippen molar-refractivity contribution in [1.29, 1.82) is 0 Å². The van der Waals surface area contributed by atoms with Crippen LogP contribution in [0.15, 0.2) is 48.5 Å². The highest BCUT2D eigenvalue weighted by atomic mass is 19.1. The summed E-state index contributed by atoms with van der Waals surface area (Å²) in [5.74, 6) is 0.366. The summed E-state index contributed by atoms with van der Waals surface area (Å²) in [6.45, 7) is 9.83. The summed E-state index contributed by atoms with van der Waals surface area (Å²) in [4.78, 5) is 17.9. The van der Waals surface area contributed by atoms with Crippen LogP contribution in [0.1, 0.15) is 52.8 Å². The lowest BCUT2D eigenvalue weighted by molar-refractivity contribution is -0.150. The molecule has 1 saturated heterocycles. The molecule has 1 fully saturated rings. The van der Waals surface area contributed by atoms with E-state index in [0.717, 1.165) is 33.4 Å². The minimum absolute atomic E-state index is 0.0364. The quantitative estimate of drug-likeness (QED) is 0.486. The molecule has 0 bridgehead atoms. The zero-order chi connectivity index (χ0) is 27.2. The molecule has 0 aromatic heterocycles. The first-order chi connectivity index (χ1) is 18.1. The van der Waals surface area contributed by atoms with Gasteiger partial charge in [0.1, 0.15) is 23.1 Å². The van der Waals surface area contributed by atoms with E-state index >= 15 is 0 Å². The Labute approximate surface area is 222 Å². The van der Waals surface area contributed by atoms with Crippen LogP contribution in [-0.4, -0.2) is 52.6 Å². The van der Waals surface area contributed by atoms with Crippen molar-refractivity contribution in [3.8, 4) is 11.5 Å². The zero-order valence-corrected chi connectivity index (χ0v) is 22.4. The molecule has 3 aromatic rings. The number of ether oxygens (including phenoxy) is 1. The standard InChI is InChI=1S/C31H34F2N2O3/c1-19-20(2)29-26(21(3)28(19)36)13-14-31(4,38-29)30(37)35-17-15-34(16-18-35)27(22-5-9-24(32)10-6-22)23-7-11-25(33)12-8-23/h5-12,27,36H,13-18H2,1-4H3. The predicted octanol–water partition coefficient (Wildman–Crippen LogP) is 5.61. The monoisotopic (exact) mass is 520 g/mol. The number of rotatable bonds is 4. The fourth-order valence-electron chi connectivity index (χ4n) is 5.82. The van der Waals surface area contributed by atoms with Gasteiger partial charge in [0.25, 0.3) is 5.91 Å². The van der Waals surface area contributed by atoms with Gasteiger partial charge in [-0.3, -0.25) is 9.69 Å². The van der Waals surface area contributed by atoms with Gasteiger partial charge >= 0.3 is 0 Å². The molecule has 1 N–H and O–H groups in total. The van der Waals surface area contributed by atoms with Crippen molar-refractivity contribution in [2.45, 2.75) is 52.2 Å². The molecule has 1 unspecified atom stereocenters. The number of amides is 1. The molecule has 2 aliphatic heterocycles. The summed E-state index contributed by atoms with van der Waals surface area (Å²) >= 11 is 0. The van der Waals surface area contributed by atoms with E-state index in [1.54, 1.807) is 24.3 Å². The minimum Gasteiger partial charge on any atom is -0.507 e. The number of nitrogens with zero attached hydrogens (tertiary/aromatic N) is 2. The maximum Gasteiger partial charge on any atom is 0.266 e. The van der Waals surface area contributed by atoms with E-state index in [4.69, 9.17) is 4.74 Å². The fourth-order valence-corrected chi connectivity index (χ4v) is 5.82. The maximum atomic E-state index is 13.8. The molecule has 1 atom stereocenters. The number of carbonyl (C=O) groups is 1. The zero-order valence-electron chi connectivity index (χ0n) is 22.4. The third kappa shape index (κ3) is 4.64. The summed E-state index contributed by atoms with van der Waals surface area (Å²) in [5, 5.41) is 10.5. The number of piperazine rings is 1. The second-order valence-electron chi connectivity index (χ2n) is 10.7. The van der Waals surface area contributed by atoms with E-state index in [1.165, 1.54) is 24.3 Å². The molecule has 38 heavy (non-hydrogen) atoms. The highest BCUT2D eigenvalue weighted by Crippen LogP contribution is 2.44. The van der Waals surface area contributed by atoms with E-state index in [9.17, 15) is 18.7 Å². The van der Waals surface area contributed by atoms with Gasteiger partial charge in [0.05, 0.1) is 6.04 Å². The highest BCUT2D eigenvalue weighted by Gasteiger charge is 2.44. The number of fused-ring (bicyclic) bond motifs is 1. The average Bonchev–Trinajstić information content (AvgIpc) is 2.93. The van der Waals surface area contributed by atoms with Gasteiger partial charge < -0.3 is 14.7 Å². The summed E-state index contributed by atoms with van der Waals surface area (Å²) in [6.07, 6.45) is 1.20. The van der Waals surface area contributed by atoms with Crippen molar-refractivity contribution in [2.75, 3.05) is 26.2 Å². The van der Waals surface area contributed by atoms with Crippen molar-refractivity contribution in [1.82, 2.24) is 9.80 Å². The molecule has 2 heterocycles. The number of hydrogen-bond donors (Lipinski definition) is 1. The molecular weight excluding hydrogens is 486 g/mol. The SMILES string of the molecule is Cc1c(C)c2c(c(C)c1O)CCC(C)(C(=O)N1CCN(C(c3ccc(F)cc3)c3ccc(F)cc3)CC1)O2. The van der Waals surface area contributed by atoms with Crippen molar-refractivity contribution >= 4 is 5.91 Å². The number of hydrogen-bond acceptors (Lipinski definition) is 4. The summed E-state index contributed by atoms with van der Waals surface area (Å²) in [5.41, 5.74) is 4.29. The van der Waals surface area contributed by atoms with Crippen molar-refractivity contribution in [3.05, 3.63) is 93.5 Å². The van der Waals surface area contributed by atoms with E-state index in [2.05, 4.69) is 4.90 Å². The molecule has 5 rings (SSSR count). The highest BCUT2D eigenvalue weighted by molar-refractivity contribution is 5.86. The Morgan fingerprint density at radius 1 is 0.868 bits per heavy atom. The van der Waals surface area contributed by atoms with Crippen LogP contribution in [0.25, 0.3) is 0 Å². The first-order valence-corrected chi connectivity index (χ1v) is 13.1. The fraction of sp³-hybridized carbons (Fsp3) is 0.387. The van der Waals surface area contributed by atoms with Crippen LogP contribution >= 0.6 is 0 Å². The number of benzene rings is 3. The normalized spacial score (nSPS) is 19.8. The lowest BCUT2D eigenvalue weighted by atomic mass is 9.86. The van der Waals surface area contributed by atoms with Crippen molar-refractivity contribution in [3.63, 3.8) is 0 Å². The van der Waals surface area contributed by atoms with Crippen LogP contribution < -0.4 is 4.74 Å². The number of carbonyl (C=O) groups excluding carboxylic acids is 1. The van der Waals surface area contributed by atoms with E-state index in [-0.39, 0.29) is 23.6 Å². The van der Waals surface area contributed by atoms with Crippen molar-refractivity contribution < 1.29 is 23.4 Å². The number of phenolic OH excluding ortho intramolecular Hbond substituents is 1. The van der Waals surface area contributed by atoms with Crippen LogP contribution in [0.3, 0.4) is 0 Å². The van der Waals surface area contributed by atoms with Crippen molar-refractivity contribution in [2.24, 2.45) is 0 Å². The third-order valence-corrected chi connectivity index (χ3v) is 8.31. The van der Waals surface area contributed by atoms with Gasteiger partial charge in [-0.1, -0.05) is 24.3 Å². The molecule has 1 amide bonds. The van der Waals surface area contributed by atoms with Gasteiger partial charge in [-0.15, -0.1) is 0 Å². The van der Waals surface area contributed by atoms with Gasteiger partial charge in [-0.2, -0.15) is 0 Å². The molecule has 0 spiro atoms. The third-order valence-electron chi connectivity index (χ3n) is 8.31. The molecule has 200 valence electrons. The Kier molecular flexibility index (Phi) is 6.90. The molecule has 2 aliphatic rings. The van der Waals surface area contributed by atoms with Crippen LogP contribution in [-0.2, 0) is 11.2 Å². The molecular formula is C31H34F2N2O3.